The molecule has 0 radical (unpaired) electrons. The minimum Gasteiger partial charge on any atom is -0.482 e. The molecule has 8 nitrogen and oxygen atoms in total. The number of carbonyl (C=O) groups excluding carboxylic acids is 3. The molecule has 1 atom stereocenters. The number of aliphatic hydroxyl groups is 1. The lowest BCUT2D eigenvalue weighted by molar-refractivity contribution is -0.118. The summed E-state index contributed by atoms with van der Waals surface area (Å²) in [6, 6.07) is 17.8. The average Bonchev–Trinajstić information content (AvgIpc) is 3.01. The lowest BCUT2D eigenvalue weighted by atomic mass is 9.92. The molecule has 0 fully saturated rings. The zero-order valence-corrected chi connectivity index (χ0v) is 16.2. The predicted octanol–water partition coefficient (Wildman–Crippen LogP) is 1.97. The second kappa shape index (κ2) is 6.68. The number of anilines is 2. The van der Waals surface area contributed by atoms with Crippen molar-refractivity contribution in [3.63, 3.8) is 0 Å². The minimum atomic E-state index is -1.89. The summed E-state index contributed by atoms with van der Waals surface area (Å²) in [6.45, 7) is -0.0933. The molecule has 0 aliphatic carbocycles. The van der Waals surface area contributed by atoms with Crippen LogP contribution < -0.4 is 20.7 Å². The second-order valence-corrected chi connectivity index (χ2v) is 7.32. The molecule has 0 aromatic heterocycles. The van der Waals surface area contributed by atoms with Gasteiger partial charge in [0.15, 0.2) is 12.3 Å². The number of nitrogens with two attached hydrogens (primary N) is 1. The van der Waals surface area contributed by atoms with Crippen molar-refractivity contribution >= 4 is 29.1 Å². The molecule has 2 aliphatic heterocycles. The molecule has 154 valence electrons. The normalized spacial score (nSPS) is 19.3. The fourth-order valence-corrected chi connectivity index (χ4v) is 4.05. The van der Waals surface area contributed by atoms with E-state index in [2.05, 4.69) is 5.32 Å². The molecule has 5 rings (SSSR count). The van der Waals surface area contributed by atoms with E-state index in [1.165, 1.54) is 17.0 Å². The average molecular weight is 415 g/mol. The third-order valence-corrected chi connectivity index (χ3v) is 5.46. The van der Waals surface area contributed by atoms with E-state index >= 15 is 0 Å². The third-order valence-electron chi connectivity index (χ3n) is 5.46. The number of amides is 3. The highest BCUT2D eigenvalue weighted by Gasteiger charge is 2.51. The summed E-state index contributed by atoms with van der Waals surface area (Å²) in [5, 5.41) is 14.7. The maximum Gasteiger partial charge on any atom is 0.262 e. The Hall–Kier alpha value is -4.17. The summed E-state index contributed by atoms with van der Waals surface area (Å²) in [7, 11) is 0. The molecule has 31 heavy (non-hydrogen) atoms. The molecule has 3 aromatic carbocycles. The van der Waals surface area contributed by atoms with Crippen LogP contribution in [0.1, 0.15) is 31.8 Å². The molecular formula is C23H17N3O5. The summed E-state index contributed by atoms with van der Waals surface area (Å²) < 4.78 is 5.40. The van der Waals surface area contributed by atoms with E-state index < -0.39 is 17.5 Å². The number of rotatable bonds is 3. The summed E-state index contributed by atoms with van der Waals surface area (Å²) in [5.74, 6) is -0.932. The number of fused-ring (bicyclic) bond motifs is 2. The first kappa shape index (κ1) is 18.8. The van der Waals surface area contributed by atoms with Gasteiger partial charge in [-0.15, -0.1) is 0 Å². The van der Waals surface area contributed by atoms with E-state index in [0.29, 0.717) is 33.8 Å². The fourth-order valence-electron chi connectivity index (χ4n) is 4.05. The fraction of sp³-hybridized carbons (Fsp3) is 0.0870. The summed E-state index contributed by atoms with van der Waals surface area (Å²) >= 11 is 0. The van der Waals surface area contributed by atoms with E-state index in [0.717, 1.165) is 0 Å². The zero-order chi connectivity index (χ0) is 21.8. The molecule has 4 N–H and O–H groups in total. The highest BCUT2D eigenvalue weighted by Crippen LogP contribution is 2.46. The number of nitrogens with zero attached hydrogens (tertiary/aromatic N) is 1. The van der Waals surface area contributed by atoms with E-state index in [-0.39, 0.29) is 18.1 Å². The van der Waals surface area contributed by atoms with Gasteiger partial charge in [0.25, 0.3) is 11.8 Å². The van der Waals surface area contributed by atoms with Gasteiger partial charge in [-0.1, -0.05) is 24.3 Å². The van der Waals surface area contributed by atoms with Crippen LogP contribution in [0.5, 0.6) is 5.75 Å². The van der Waals surface area contributed by atoms with Gasteiger partial charge in [0.2, 0.25) is 5.91 Å². The zero-order valence-electron chi connectivity index (χ0n) is 16.2. The highest BCUT2D eigenvalue weighted by atomic mass is 16.5. The van der Waals surface area contributed by atoms with E-state index in [1.54, 1.807) is 54.6 Å². The second-order valence-electron chi connectivity index (χ2n) is 7.32. The molecule has 0 bridgehead atoms. The highest BCUT2D eigenvalue weighted by molar-refractivity contribution is 6.13. The summed E-state index contributed by atoms with van der Waals surface area (Å²) in [6.07, 6.45) is 0. The van der Waals surface area contributed by atoms with Crippen molar-refractivity contribution in [2.75, 3.05) is 16.8 Å². The van der Waals surface area contributed by atoms with E-state index in [4.69, 9.17) is 10.5 Å². The largest absolute Gasteiger partial charge is 0.482 e. The van der Waals surface area contributed by atoms with Crippen molar-refractivity contribution in [1.82, 2.24) is 0 Å². The van der Waals surface area contributed by atoms with Crippen LogP contribution in [0, 0.1) is 0 Å². The van der Waals surface area contributed by atoms with E-state index in [9.17, 15) is 19.5 Å². The summed E-state index contributed by atoms with van der Waals surface area (Å²) in [5.41, 5.74) is 5.48. The smallest absolute Gasteiger partial charge is 0.262 e. The lowest BCUT2D eigenvalue weighted by Gasteiger charge is -2.35. The number of carbonyl (C=O) groups is 3. The van der Waals surface area contributed by atoms with Crippen LogP contribution in [0.2, 0.25) is 0 Å². The van der Waals surface area contributed by atoms with Gasteiger partial charge in [0, 0.05) is 27.9 Å². The maximum absolute atomic E-state index is 13.4. The Morgan fingerprint density at radius 3 is 2.68 bits per heavy atom. The molecule has 0 saturated carbocycles. The van der Waals surface area contributed by atoms with Gasteiger partial charge in [-0.05, 0) is 42.5 Å². The molecular weight excluding hydrogens is 398 g/mol. The molecule has 0 saturated heterocycles. The number of hydrogen-bond donors (Lipinski definition) is 3. The van der Waals surface area contributed by atoms with Gasteiger partial charge in [-0.2, -0.15) is 0 Å². The number of ether oxygens (including phenoxy) is 1. The van der Waals surface area contributed by atoms with Crippen LogP contribution in [0.25, 0.3) is 0 Å². The first-order valence-electron chi connectivity index (χ1n) is 9.53. The quantitative estimate of drug-likeness (QED) is 0.604. The molecule has 2 heterocycles. The Balaban J connectivity index is 1.73. The Morgan fingerprint density at radius 2 is 1.87 bits per heavy atom. The Morgan fingerprint density at radius 1 is 1.06 bits per heavy atom. The third kappa shape index (κ3) is 2.77. The first-order chi connectivity index (χ1) is 14.9. The molecule has 3 aromatic rings. The predicted molar refractivity (Wildman–Crippen MR) is 112 cm³/mol. The topological polar surface area (TPSA) is 122 Å². The van der Waals surface area contributed by atoms with Crippen molar-refractivity contribution in [1.29, 1.82) is 0 Å². The van der Waals surface area contributed by atoms with Crippen LogP contribution in [0.3, 0.4) is 0 Å². The van der Waals surface area contributed by atoms with Crippen molar-refractivity contribution in [2.45, 2.75) is 5.72 Å². The number of primary amides is 1. The van der Waals surface area contributed by atoms with Gasteiger partial charge in [0.1, 0.15) is 5.75 Å². The summed E-state index contributed by atoms with van der Waals surface area (Å²) in [4.78, 5) is 38.0. The van der Waals surface area contributed by atoms with Gasteiger partial charge >= 0.3 is 0 Å². The number of hydrogen-bond acceptors (Lipinski definition) is 5. The van der Waals surface area contributed by atoms with Crippen LogP contribution in [-0.4, -0.2) is 29.4 Å². The van der Waals surface area contributed by atoms with Crippen LogP contribution in [-0.2, 0) is 10.5 Å². The van der Waals surface area contributed by atoms with Crippen molar-refractivity contribution in [3.8, 4) is 5.75 Å². The van der Waals surface area contributed by atoms with Gasteiger partial charge < -0.3 is 20.9 Å². The first-order valence-corrected chi connectivity index (χ1v) is 9.53. The van der Waals surface area contributed by atoms with Gasteiger partial charge in [0.05, 0.1) is 5.69 Å². The van der Waals surface area contributed by atoms with Gasteiger partial charge in [-0.3, -0.25) is 19.3 Å². The Bertz CT molecular complexity index is 1270. The number of benzene rings is 3. The van der Waals surface area contributed by atoms with Crippen LogP contribution in [0.15, 0.2) is 66.7 Å². The SMILES string of the molecule is NC(=O)c1cccc(N2C(=O)c3ccccc3C2(O)c2ccc3c(c2)NC(=O)CO3)c1. The Kier molecular flexibility index (Phi) is 4.06. The molecule has 0 spiro atoms. The standard InChI is InChI=1S/C23H17N3O5/c24-21(28)13-4-3-5-15(10-13)26-22(29)16-6-1-2-7-17(16)23(26,30)14-8-9-19-18(11-14)25-20(27)12-31-19/h1-11,30H,12H2,(H2,24,28)(H,25,27). The molecule has 2 aliphatic rings. The molecule has 8 heteroatoms. The van der Waals surface area contributed by atoms with Crippen LogP contribution >= 0.6 is 0 Å². The number of nitrogens with one attached hydrogen (secondary N) is 1. The van der Waals surface area contributed by atoms with E-state index in [1.807, 2.05) is 0 Å². The van der Waals surface area contributed by atoms with Crippen molar-refractivity contribution < 1.29 is 24.2 Å². The minimum absolute atomic E-state index is 0.0933. The molecule has 3 amide bonds. The van der Waals surface area contributed by atoms with Crippen molar-refractivity contribution in [3.05, 3.63) is 89.0 Å². The Labute approximate surface area is 176 Å². The monoisotopic (exact) mass is 415 g/mol. The van der Waals surface area contributed by atoms with Crippen LogP contribution in [0.4, 0.5) is 11.4 Å². The lowest BCUT2D eigenvalue weighted by Crippen LogP contribution is -2.45. The molecule has 1 unspecified atom stereocenters. The van der Waals surface area contributed by atoms with Gasteiger partial charge in [-0.25, -0.2) is 0 Å². The van der Waals surface area contributed by atoms with Crippen molar-refractivity contribution in [2.24, 2.45) is 5.73 Å². The maximum atomic E-state index is 13.4.